The molecule has 3 rings (SSSR count). The van der Waals surface area contributed by atoms with E-state index in [0.29, 0.717) is 0 Å². The Hall–Kier alpha value is -2.35. The van der Waals surface area contributed by atoms with Gasteiger partial charge in [0.05, 0.1) is 0 Å². The molecule has 0 unspecified atom stereocenters. The molecule has 0 radical (unpaired) electrons. The molecular formula is C16H14N2. The van der Waals surface area contributed by atoms with Crippen LogP contribution in [0, 0.1) is 6.92 Å². The Morgan fingerprint density at radius 1 is 0.944 bits per heavy atom. The molecule has 1 heterocycles. The van der Waals surface area contributed by atoms with Gasteiger partial charge >= 0.3 is 0 Å². The van der Waals surface area contributed by atoms with Crippen molar-refractivity contribution in [3.63, 3.8) is 0 Å². The van der Waals surface area contributed by atoms with Crippen molar-refractivity contribution in [3.8, 4) is 11.1 Å². The van der Waals surface area contributed by atoms with Crippen molar-refractivity contribution in [3.05, 3.63) is 60.4 Å². The van der Waals surface area contributed by atoms with Crippen LogP contribution in [0.25, 0.3) is 21.9 Å². The molecule has 2 nitrogen and oxygen atoms in total. The first-order valence-electron chi connectivity index (χ1n) is 5.96. The highest BCUT2D eigenvalue weighted by molar-refractivity contribution is 6.02. The van der Waals surface area contributed by atoms with E-state index in [1.807, 2.05) is 43.5 Å². The molecule has 3 aromatic rings. The normalized spacial score (nSPS) is 10.7. The third kappa shape index (κ3) is 1.72. The minimum atomic E-state index is 0.801. The maximum atomic E-state index is 6.04. The first kappa shape index (κ1) is 10.8. The van der Waals surface area contributed by atoms with Gasteiger partial charge in [-0.25, -0.2) is 0 Å². The lowest BCUT2D eigenvalue weighted by Crippen LogP contribution is -1.91. The predicted molar refractivity (Wildman–Crippen MR) is 76.3 cm³/mol. The number of hydrogen-bond acceptors (Lipinski definition) is 2. The highest BCUT2D eigenvalue weighted by Crippen LogP contribution is 2.31. The molecule has 0 aliphatic heterocycles. The van der Waals surface area contributed by atoms with Crippen LogP contribution < -0.4 is 5.73 Å². The third-order valence-corrected chi connectivity index (χ3v) is 3.16. The molecule has 0 bridgehead atoms. The maximum Gasteiger partial charge on any atom is 0.0395 e. The van der Waals surface area contributed by atoms with Gasteiger partial charge in [0.25, 0.3) is 0 Å². The molecule has 2 aromatic carbocycles. The number of rotatable bonds is 1. The number of nitrogens with zero attached hydrogens (tertiary/aromatic N) is 1. The second-order valence-electron chi connectivity index (χ2n) is 4.44. The molecular weight excluding hydrogens is 220 g/mol. The van der Waals surface area contributed by atoms with Crippen molar-refractivity contribution in [2.24, 2.45) is 0 Å². The molecule has 0 aliphatic carbocycles. The lowest BCUT2D eigenvalue weighted by molar-refractivity contribution is 1.22. The lowest BCUT2D eigenvalue weighted by atomic mass is 9.98. The Morgan fingerprint density at radius 2 is 1.72 bits per heavy atom. The highest BCUT2D eigenvalue weighted by atomic mass is 14.7. The van der Waals surface area contributed by atoms with Crippen molar-refractivity contribution in [1.82, 2.24) is 4.98 Å². The van der Waals surface area contributed by atoms with Crippen LogP contribution in [-0.2, 0) is 0 Å². The monoisotopic (exact) mass is 234 g/mol. The molecule has 0 saturated heterocycles. The highest BCUT2D eigenvalue weighted by Gasteiger charge is 2.06. The average molecular weight is 234 g/mol. The number of fused-ring (bicyclic) bond motifs is 1. The molecule has 1 aromatic heterocycles. The minimum absolute atomic E-state index is 0.801. The summed E-state index contributed by atoms with van der Waals surface area (Å²) in [5.41, 5.74) is 10.2. The molecule has 0 fully saturated rings. The van der Waals surface area contributed by atoms with Gasteiger partial charge in [-0.3, -0.25) is 4.98 Å². The molecule has 0 amide bonds. The van der Waals surface area contributed by atoms with Gasteiger partial charge < -0.3 is 5.73 Å². The van der Waals surface area contributed by atoms with Crippen molar-refractivity contribution in [2.45, 2.75) is 6.92 Å². The van der Waals surface area contributed by atoms with E-state index in [0.717, 1.165) is 22.2 Å². The topological polar surface area (TPSA) is 38.9 Å². The minimum Gasteiger partial charge on any atom is -0.398 e. The second-order valence-corrected chi connectivity index (χ2v) is 4.44. The number of anilines is 1. The van der Waals surface area contributed by atoms with Gasteiger partial charge in [-0.05, 0) is 30.2 Å². The second kappa shape index (κ2) is 4.15. The molecule has 0 atom stereocenters. The standard InChI is InChI=1S/C16H14N2/c1-11-9-14-15(10-18-11)13(7-8-16(14)17)12-5-3-2-4-6-12/h2-10H,17H2,1H3. The van der Waals surface area contributed by atoms with Gasteiger partial charge in [-0.1, -0.05) is 36.4 Å². The smallest absolute Gasteiger partial charge is 0.0395 e. The van der Waals surface area contributed by atoms with E-state index >= 15 is 0 Å². The number of nitrogen functional groups attached to an aromatic ring is 1. The summed E-state index contributed by atoms with van der Waals surface area (Å²) in [5.74, 6) is 0. The van der Waals surface area contributed by atoms with Gasteiger partial charge in [0.1, 0.15) is 0 Å². The predicted octanol–water partition coefficient (Wildman–Crippen LogP) is 3.79. The number of aromatic nitrogens is 1. The van der Waals surface area contributed by atoms with Crippen LogP contribution in [0.1, 0.15) is 5.69 Å². The van der Waals surface area contributed by atoms with E-state index in [2.05, 4.69) is 23.2 Å². The van der Waals surface area contributed by atoms with Crippen LogP contribution in [-0.4, -0.2) is 4.98 Å². The average Bonchev–Trinajstić information content (AvgIpc) is 2.41. The van der Waals surface area contributed by atoms with E-state index in [1.165, 1.54) is 11.1 Å². The zero-order valence-electron chi connectivity index (χ0n) is 10.2. The molecule has 2 heteroatoms. The summed E-state index contributed by atoms with van der Waals surface area (Å²) in [5, 5.41) is 2.18. The summed E-state index contributed by atoms with van der Waals surface area (Å²) in [6.07, 6.45) is 1.91. The van der Waals surface area contributed by atoms with E-state index in [1.54, 1.807) is 0 Å². The van der Waals surface area contributed by atoms with Crippen molar-refractivity contribution >= 4 is 16.5 Å². The summed E-state index contributed by atoms with van der Waals surface area (Å²) >= 11 is 0. The van der Waals surface area contributed by atoms with Gasteiger partial charge in [0.15, 0.2) is 0 Å². The molecule has 0 aliphatic rings. The zero-order valence-corrected chi connectivity index (χ0v) is 10.2. The largest absolute Gasteiger partial charge is 0.398 e. The quantitative estimate of drug-likeness (QED) is 0.650. The summed E-state index contributed by atoms with van der Waals surface area (Å²) < 4.78 is 0. The summed E-state index contributed by atoms with van der Waals surface area (Å²) in [6.45, 7) is 1.98. The Labute approximate surface area is 106 Å². The SMILES string of the molecule is Cc1cc2c(N)ccc(-c3ccccc3)c2cn1. The Kier molecular flexibility index (Phi) is 2.49. The van der Waals surface area contributed by atoms with Crippen LogP contribution in [0.2, 0.25) is 0 Å². The maximum absolute atomic E-state index is 6.04. The van der Waals surface area contributed by atoms with Crippen molar-refractivity contribution in [2.75, 3.05) is 5.73 Å². The number of benzene rings is 2. The molecule has 88 valence electrons. The van der Waals surface area contributed by atoms with E-state index < -0.39 is 0 Å². The Bertz CT molecular complexity index is 703. The van der Waals surface area contributed by atoms with E-state index in [-0.39, 0.29) is 0 Å². The van der Waals surface area contributed by atoms with Crippen LogP contribution in [0.15, 0.2) is 54.7 Å². The first-order valence-corrected chi connectivity index (χ1v) is 5.96. The van der Waals surface area contributed by atoms with Crippen LogP contribution >= 0.6 is 0 Å². The fourth-order valence-electron chi connectivity index (χ4n) is 2.24. The Morgan fingerprint density at radius 3 is 2.50 bits per heavy atom. The van der Waals surface area contributed by atoms with Crippen molar-refractivity contribution in [1.29, 1.82) is 0 Å². The molecule has 2 N–H and O–H groups in total. The van der Waals surface area contributed by atoms with Gasteiger partial charge in [0, 0.05) is 28.4 Å². The van der Waals surface area contributed by atoms with Crippen LogP contribution in [0.4, 0.5) is 5.69 Å². The third-order valence-electron chi connectivity index (χ3n) is 3.16. The van der Waals surface area contributed by atoms with Crippen LogP contribution in [0.5, 0.6) is 0 Å². The summed E-state index contributed by atoms with van der Waals surface area (Å²) in [7, 11) is 0. The van der Waals surface area contributed by atoms with E-state index in [9.17, 15) is 0 Å². The summed E-state index contributed by atoms with van der Waals surface area (Å²) in [6, 6.07) is 16.4. The number of aryl methyl sites for hydroxylation is 1. The fourth-order valence-corrected chi connectivity index (χ4v) is 2.24. The fraction of sp³-hybridized carbons (Fsp3) is 0.0625. The lowest BCUT2D eigenvalue weighted by Gasteiger charge is -2.09. The summed E-state index contributed by atoms with van der Waals surface area (Å²) in [4.78, 5) is 4.38. The Balaban J connectivity index is 2.35. The molecule has 0 saturated carbocycles. The number of nitrogens with two attached hydrogens (primary N) is 1. The number of hydrogen-bond donors (Lipinski definition) is 1. The molecule has 0 spiro atoms. The van der Waals surface area contributed by atoms with Gasteiger partial charge in [0.2, 0.25) is 0 Å². The first-order chi connectivity index (χ1) is 8.75. The molecule has 18 heavy (non-hydrogen) atoms. The van der Waals surface area contributed by atoms with Crippen LogP contribution in [0.3, 0.4) is 0 Å². The number of pyridine rings is 1. The van der Waals surface area contributed by atoms with Gasteiger partial charge in [-0.2, -0.15) is 0 Å². The van der Waals surface area contributed by atoms with Gasteiger partial charge in [-0.15, -0.1) is 0 Å². The van der Waals surface area contributed by atoms with E-state index in [4.69, 9.17) is 5.73 Å². The zero-order chi connectivity index (χ0) is 12.5. The van der Waals surface area contributed by atoms with Crippen molar-refractivity contribution < 1.29 is 0 Å².